The number of rotatable bonds is 10. The van der Waals surface area contributed by atoms with E-state index in [1.807, 2.05) is 6.07 Å². The summed E-state index contributed by atoms with van der Waals surface area (Å²) < 4.78 is 11.0. The fourth-order valence-corrected chi connectivity index (χ4v) is 3.88. The highest BCUT2D eigenvalue weighted by atomic mass is 127. The molecule has 0 aromatic heterocycles. The third kappa shape index (κ3) is 6.64. The molecule has 3 N–H and O–H groups in total. The topological polar surface area (TPSA) is 75.1 Å². The van der Waals surface area contributed by atoms with E-state index in [1.54, 1.807) is 0 Å². The van der Waals surface area contributed by atoms with Gasteiger partial charge in [-0.1, -0.05) is 19.9 Å². The van der Waals surface area contributed by atoms with E-state index in [4.69, 9.17) is 14.5 Å². The average Bonchev–Trinajstić information content (AvgIpc) is 3.31. The lowest BCUT2D eigenvalue weighted by atomic mass is 9.94. The first-order chi connectivity index (χ1) is 13.6. The van der Waals surface area contributed by atoms with E-state index in [9.17, 15) is 5.11 Å². The Hall–Kier alpha value is -1.22. The molecule has 0 amide bonds. The second-order valence-electron chi connectivity index (χ2n) is 8.43. The van der Waals surface area contributed by atoms with Crippen LogP contribution in [-0.4, -0.2) is 44.1 Å². The Balaban J connectivity index is 0.00000300. The first-order valence-corrected chi connectivity index (χ1v) is 10.6. The lowest BCUT2D eigenvalue weighted by molar-refractivity contribution is 0.174. The highest BCUT2D eigenvalue weighted by Crippen LogP contribution is 2.50. The van der Waals surface area contributed by atoms with Gasteiger partial charge in [0.2, 0.25) is 6.79 Å². The van der Waals surface area contributed by atoms with Crippen LogP contribution in [0, 0.1) is 11.8 Å². The van der Waals surface area contributed by atoms with E-state index < -0.39 is 0 Å². The number of aliphatic hydroxyl groups excluding tert-OH is 1. The van der Waals surface area contributed by atoms with Gasteiger partial charge in [0, 0.05) is 25.1 Å². The molecule has 29 heavy (non-hydrogen) atoms. The Morgan fingerprint density at radius 3 is 2.62 bits per heavy atom. The molecule has 3 rings (SSSR count). The third-order valence-electron chi connectivity index (χ3n) is 5.62. The van der Waals surface area contributed by atoms with Gasteiger partial charge in [-0.15, -0.1) is 24.0 Å². The van der Waals surface area contributed by atoms with Crippen molar-refractivity contribution in [1.82, 2.24) is 10.6 Å². The SMILES string of the molecule is CCNC(=NCC1(c2ccc3c(c2)OCO3)CC1)NCC(CCO)CC(C)C.I. The van der Waals surface area contributed by atoms with Crippen LogP contribution >= 0.6 is 24.0 Å². The smallest absolute Gasteiger partial charge is 0.231 e. The van der Waals surface area contributed by atoms with Gasteiger partial charge >= 0.3 is 0 Å². The fourth-order valence-electron chi connectivity index (χ4n) is 3.88. The van der Waals surface area contributed by atoms with Crippen LogP contribution in [0.15, 0.2) is 23.2 Å². The van der Waals surface area contributed by atoms with Crippen molar-refractivity contribution in [3.63, 3.8) is 0 Å². The first-order valence-electron chi connectivity index (χ1n) is 10.6. The lowest BCUT2D eigenvalue weighted by Crippen LogP contribution is -2.40. The van der Waals surface area contributed by atoms with Crippen molar-refractivity contribution < 1.29 is 14.6 Å². The molecule has 1 heterocycles. The van der Waals surface area contributed by atoms with E-state index in [0.29, 0.717) is 18.6 Å². The maximum atomic E-state index is 9.34. The van der Waals surface area contributed by atoms with Gasteiger partial charge in [0.1, 0.15) is 0 Å². The van der Waals surface area contributed by atoms with Crippen LogP contribution in [0.25, 0.3) is 0 Å². The van der Waals surface area contributed by atoms with E-state index >= 15 is 0 Å². The van der Waals surface area contributed by atoms with E-state index in [-0.39, 0.29) is 36.0 Å². The number of nitrogens with zero attached hydrogens (tertiary/aromatic N) is 1. The van der Waals surface area contributed by atoms with Gasteiger partial charge in [0.25, 0.3) is 0 Å². The van der Waals surface area contributed by atoms with Gasteiger partial charge in [-0.05, 0) is 62.1 Å². The second-order valence-corrected chi connectivity index (χ2v) is 8.43. The fraction of sp³-hybridized carbons (Fsp3) is 0.682. The molecule has 6 nitrogen and oxygen atoms in total. The molecule has 0 saturated heterocycles. The van der Waals surface area contributed by atoms with Crippen LogP contribution in [0.4, 0.5) is 0 Å². The van der Waals surface area contributed by atoms with Gasteiger partial charge in [-0.3, -0.25) is 4.99 Å². The summed E-state index contributed by atoms with van der Waals surface area (Å²) in [6.45, 7) is 9.51. The number of nitrogens with one attached hydrogen (secondary N) is 2. The maximum Gasteiger partial charge on any atom is 0.231 e. The minimum Gasteiger partial charge on any atom is -0.454 e. The summed E-state index contributed by atoms with van der Waals surface area (Å²) >= 11 is 0. The summed E-state index contributed by atoms with van der Waals surface area (Å²) in [6, 6.07) is 6.28. The molecule has 1 unspecified atom stereocenters. The molecule has 164 valence electrons. The normalized spacial score (nSPS) is 17.6. The molecule has 7 heteroatoms. The number of fused-ring (bicyclic) bond motifs is 1. The Kier molecular flexibility index (Phi) is 9.33. The van der Waals surface area contributed by atoms with Gasteiger partial charge in [0.15, 0.2) is 17.5 Å². The monoisotopic (exact) mass is 517 g/mol. The average molecular weight is 517 g/mol. The van der Waals surface area contributed by atoms with Gasteiger partial charge in [0.05, 0.1) is 6.54 Å². The molecule has 1 aromatic carbocycles. The van der Waals surface area contributed by atoms with Crippen LogP contribution in [-0.2, 0) is 5.41 Å². The number of aliphatic imine (C=N–C) groups is 1. The zero-order valence-corrected chi connectivity index (χ0v) is 20.2. The number of hydrogen-bond donors (Lipinski definition) is 3. The van der Waals surface area contributed by atoms with Crippen molar-refractivity contribution in [1.29, 1.82) is 0 Å². The Morgan fingerprint density at radius 1 is 1.21 bits per heavy atom. The predicted molar refractivity (Wildman–Crippen MR) is 128 cm³/mol. The lowest BCUT2D eigenvalue weighted by Gasteiger charge is -2.21. The molecule has 2 aliphatic rings. The summed E-state index contributed by atoms with van der Waals surface area (Å²) in [5, 5.41) is 16.2. The molecule has 1 fully saturated rings. The molecule has 1 aliphatic heterocycles. The van der Waals surface area contributed by atoms with Crippen LogP contribution in [0.1, 0.15) is 52.0 Å². The van der Waals surface area contributed by atoms with Crippen molar-refractivity contribution in [3.8, 4) is 11.5 Å². The molecule has 1 atom stereocenters. The number of ether oxygens (including phenoxy) is 2. The van der Waals surface area contributed by atoms with Crippen molar-refractivity contribution in [3.05, 3.63) is 23.8 Å². The van der Waals surface area contributed by atoms with E-state index in [2.05, 4.69) is 43.5 Å². The van der Waals surface area contributed by atoms with Crippen LogP contribution in [0.5, 0.6) is 11.5 Å². The molecule has 1 aromatic rings. The minimum absolute atomic E-state index is 0. The molecular formula is C22H36IN3O3. The van der Waals surface area contributed by atoms with Crippen molar-refractivity contribution in [2.24, 2.45) is 16.8 Å². The number of guanidine groups is 1. The molecular weight excluding hydrogens is 481 g/mol. The van der Waals surface area contributed by atoms with Gasteiger partial charge in [-0.2, -0.15) is 0 Å². The summed E-state index contributed by atoms with van der Waals surface area (Å²) in [5.41, 5.74) is 1.40. The maximum absolute atomic E-state index is 9.34. The minimum atomic E-state index is 0. The van der Waals surface area contributed by atoms with Gasteiger partial charge in [-0.25, -0.2) is 0 Å². The summed E-state index contributed by atoms with van der Waals surface area (Å²) in [6.07, 6.45) is 4.23. The van der Waals surface area contributed by atoms with Crippen LogP contribution in [0.2, 0.25) is 0 Å². The largest absolute Gasteiger partial charge is 0.454 e. The Labute approximate surface area is 191 Å². The highest BCUT2D eigenvalue weighted by molar-refractivity contribution is 14.0. The van der Waals surface area contributed by atoms with Crippen molar-refractivity contribution >= 4 is 29.9 Å². The molecule has 0 bridgehead atoms. The molecule has 1 saturated carbocycles. The van der Waals surface area contributed by atoms with Crippen molar-refractivity contribution in [2.75, 3.05) is 33.0 Å². The first kappa shape index (κ1) is 24.1. The summed E-state index contributed by atoms with van der Waals surface area (Å²) in [7, 11) is 0. The van der Waals surface area contributed by atoms with Crippen LogP contribution in [0.3, 0.4) is 0 Å². The van der Waals surface area contributed by atoms with E-state index in [0.717, 1.165) is 62.8 Å². The van der Waals surface area contributed by atoms with Crippen molar-refractivity contribution in [2.45, 2.75) is 51.9 Å². The summed E-state index contributed by atoms with van der Waals surface area (Å²) in [5.74, 6) is 3.62. The quantitative estimate of drug-likeness (QED) is 0.251. The van der Waals surface area contributed by atoms with Gasteiger partial charge < -0.3 is 25.2 Å². The number of benzene rings is 1. The zero-order valence-electron chi connectivity index (χ0n) is 17.9. The third-order valence-corrected chi connectivity index (χ3v) is 5.62. The van der Waals surface area contributed by atoms with Crippen LogP contribution < -0.4 is 20.1 Å². The zero-order chi connectivity index (χ0) is 20.0. The Morgan fingerprint density at radius 2 is 1.97 bits per heavy atom. The molecule has 1 aliphatic carbocycles. The number of halogens is 1. The molecule has 0 radical (unpaired) electrons. The highest BCUT2D eigenvalue weighted by Gasteiger charge is 2.44. The predicted octanol–water partition coefficient (Wildman–Crippen LogP) is 3.66. The van der Waals surface area contributed by atoms with E-state index in [1.165, 1.54) is 5.56 Å². The summed E-state index contributed by atoms with van der Waals surface area (Å²) in [4.78, 5) is 4.89. The number of hydrogen-bond acceptors (Lipinski definition) is 4. The molecule has 0 spiro atoms. The standard InChI is InChI=1S/C22H35N3O3.HI/c1-4-23-21(24-13-17(7-10-26)11-16(2)3)25-14-22(8-9-22)18-5-6-19-20(12-18)28-15-27-19;/h5-6,12,16-17,26H,4,7-11,13-15H2,1-3H3,(H2,23,24,25);1H. The number of aliphatic hydroxyl groups is 1. The Bertz CT molecular complexity index is 677. The second kappa shape index (κ2) is 11.2.